The second-order valence-electron chi connectivity index (χ2n) is 4.73. The molecule has 1 unspecified atom stereocenters. The van der Waals surface area contributed by atoms with Gasteiger partial charge >= 0.3 is 5.97 Å². The van der Waals surface area contributed by atoms with Gasteiger partial charge < -0.3 is 10.2 Å². The molecule has 0 aromatic carbocycles. The molecule has 3 N–H and O–H groups in total. The van der Waals surface area contributed by atoms with E-state index in [1.165, 1.54) is 0 Å². The first kappa shape index (κ1) is 16.7. The highest BCUT2D eigenvalue weighted by molar-refractivity contribution is 7.99. The van der Waals surface area contributed by atoms with Crippen LogP contribution in [-0.2, 0) is 4.79 Å². The molecule has 102 valence electrons. The summed E-state index contributed by atoms with van der Waals surface area (Å²) in [7, 11) is 0. The van der Waals surface area contributed by atoms with Gasteiger partial charge in [0, 0.05) is 11.8 Å². The number of thioether (sulfide) groups is 1. The monoisotopic (exact) mass is 263 g/mol. The van der Waals surface area contributed by atoms with E-state index in [9.17, 15) is 9.90 Å². The maximum absolute atomic E-state index is 11.2. The van der Waals surface area contributed by atoms with Crippen LogP contribution in [-0.4, -0.2) is 45.9 Å². The smallest absolute Gasteiger partial charge is 0.323 e. The van der Waals surface area contributed by atoms with Crippen molar-refractivity contribution in [1.82, 2.24) is 5.32 Å². The van der Waals surface area contributed by atoms with Crippen LogP contribution < -0.4 is 5.32 Å². The Morgan fingerprint density at radius 1 is 1.35 bits per heavy atom. The van der Waals surface area contributed by atoms with Gasteiger partial charge in [-0.3, -0.25) is 10.1 Å². The molecule has 0 heterocycles. The molecule has 0 fully saturated rings. The first-order chi connectivity index (χ1) is 7.92. The van der Waals surface area contributed by atoms with Crippen molar-refractivity contribution in [3.63, 3.8) is 0 Å². The van der Waals surface area contributed by atoms with Crippen molar-refractivity contribution in [1.29, 1.82) is 0 Å². The van der Waals surface area contributed by atoms with Crippen LogP contribution >= 0.6 is 11.8 Å². The summed E-state index contributed by atoms with van der Waals surface area (Å²) in [5.41, 5.74) is -0.824. The number of hydrogen-bond donors (Lipinski definition) is 3. The third-order valence-corrected chi connectivity index (χ3v) is 3.58. The number of carboxylic acid groups (broad SMARTS) is 1. The molecule has 0 rings (SSSR count). The molecule has 0 spiro atoms. The molecular weight excluding hydrogens is 238 g/mol. The normalized spacial score (nSPS) is 14.9. The summed E-state index contributed by atoms with van der Waals surface area (Å²) in [4.78, 5) is 11.2. The summed E-state index contributed by atoms with van der Waals surface area (Å²) in [6.07, 6.45) is 2.52. The molecule has 0 bridgehead atoms. The van der Waals surface area contributed by atoms with E-state index in [1.807, 2.05) is 13.8 Å². The van der Waals surface area contributed by atoms with Crippen LogP contribution in [0.5, 0.6) is 0 Å². The van der Waals surface area contributed by atoms with Crippen LogP contribution in [0.15, 0.2) is 0 Å². The van der Waals surface area contributed by atoms with Crippen LogP contribution in [0.25, 0.3) is 0 Å². The van der Waals surface area contributed by atoms with Crippen LogP contribution in [0.3, 0.4) is 0 Å². The summed E-state index contributed by atoms with van der Waals surface area (Å²) < 4.78 is 0. The van der Waals surface area contributed by atoms with E-state index in [-0.39, 0.29) is 12.6 Å². The predicted molar refractivity (Wildman–Crippen MR) is 72.6 cm³/mol. The maximum Gasteiger partial charge on any atom is 0.323 e. The molecule has 5 heteroatoms. The fourth-order valence-electron chi connectivity index (χ4n) is 1.73. The average molecular weight is 263 g/mol. The molecule has 17 heavy (non-hydrogen) atoms. The number of aliphatic carboxylic acids is 1. The first-order valence-corrected chi connectivity index (χ1v) is 7.27. The number of hydrogen-bond acceptors (Lipinski definition) is 4. The van der Waals surface area contributed by atoms with Crippen molar-refractivity contribution < 1.29 is 15.0 Å². The van der Waals surface area contributed by atoms with Crippen LogP contribution in [0, 0.1) is 0 Å². The van der Waals surface area contributed by atoms with Crippen molar-refractivity contribution in [2.75, 3.05) is 18.1 Å². The summed E-state index contributed by atoms with van der Waals surface area (Å²) >= 11 is 1.71. The third kappa shape index (κ3) is 7.63. The van der Waals surface area contributed by atoms with Gasteiger partial charge in [-0.05, 0) is 39.4 Å². The summed E-state index contributed by atoms with van der Waals surface area (Å²) in [5.74, 6) is 0.965. The minimum atomic E-state index is -0.824. The zero-order valence-corrected chi connectivity index (χ0v) is 11.8. The Morgan fingerprint density at radius 2 is 2.00 bits per heavy atom. The lowest BCUT2D eigenvalue weighted by atomic mass is 9.94. The van der Waals surface area contributed by atoms with Crippen molar-refractivity contribution in [3.8, 4) is 0 Å². The van der Waals surface area contributed by atoms with Gasteiger partial charge in [0.15, 0.2) is 0 Å². The van der Waals surface area contributed by atoms with Gasteiger partial charge in [0.25, 0.3) is 0 Å². The van der Waals surface area contributed by atoms with Crippen molar-refractivity contribution >= 4 is 17.7 Å². The molecule has 0 aromatic rings. The molecular formula is C12H25NO3S. The van der Waals surface area contributed by atoms with Gasteiger partial charge in [-0.2, -0.15) is 11.8 Å². The van der Waals surface area contributed by atoms with E-state index in [4.69, 9.17) is 5.11 Å². The molecule has 0 saturated carbocycles. The molecule has 0 aliphatic carbocycles. The zero-order valence-electron chi connectivity index (χ0n) is 11.0. The van der Waals surface area contributed by atoms with Crippen molar-refractivity contribution in [3.05, 3.63) is 0 Å². The topological polar surface area (TPSA) is 69.6 Å². The van der Waals surface area contributed by atoms with E-state index in [1.54, 1.807) is 18.7 Å². The van der Waals surface area contributed by atoms with E-state index in [2.05, 4.69) is 5.32 Å². The Bertz CT molecular complexity index is 224. The molecule has 0 aromatic heterocycles. The molecule has 1 atom stereocenters. The Hall–Kier alpha value is -0.260. The Labute approximate surface area is 108 Å². The summed E-state index contributed by atoms with van der Waals surface area (Å²) in [6.45, 7) is 5.87. The molecule has 0 aliphatic rings. The second-order valence-corrected chi connectivity index (χ2v) is 5.95. The Balaban J connectivity index is 3.89. The molecule has 0 amide bonds. The van der Waals surface area contributed by atoms with Gasteiger partial charge in [0.05, 0.1) is 6.61 Å². The number of nitrogens with one attached hydrogen (secondary N) is 1. The molecule has 0 radical (unpaired) electrons. The van der Waals surface area contributed by atoms with Gasteiger partial charge in [-0.25, -0.2) is 0 Å². The van der Waals surface area contributed by atoms with Crippen molar-refractivity contribution in [2.45, 2.75) is 51.6 Å². The zero-order chi connectivity index (χ0) is 13.3. The minimum Gasteiger partial charge on any atom is -0.480 e. The highest BCUT2D eigenvalue weighted by Gasteiger charge is 2.32. The lowest BCUT2D eigenvalue weighted by Crippen LogP contribution is -2.52. The molecule has 0 aliphatic heterocycles. The second kappa shape index (κ2) is 8.78. The van der Waals surface area contributed by atoms with E-state index >= 15 is 0 Å². The van der Waals surface area contributed by atoms with Crippen molar-refractivity contribution in [2.24, 2.45) is 0 Å². The summed E-state index contributed by atoms with van der Waals surface area (Å²) in [6, 6.07) is 0.167. The van der Waals surface area contributed by atoms with Crippen LogP contribution in [0.1, 0.15) is 40.0 Å². The number of aliphatic hydroxyl groups excluding tert-OH is 1. The highest BCUT2D eigenvalue weighted by Crippen LogP contribution is 2.16. The Morgan fingerprint density at radius 3 is 2.47 bits per heavy atom. The number of carbonyl (C=O) groups is 1. The number of aliphatic hydroxyl groups is 1. The van der Waals surface area contributed by atoms with E-state index in [0.29, 0.717) is 6.42 Å². The Kier molecular flexibility index (Phi) is 8.64. The predicted octanol–water partition coefficient (Wildman–Crippen LogP) is 1.72. The van der Waals surface area contributed by atoms with Gasteiger partial charge in [0.1, 0.15) is 5.54 Å². The highest BCUT2D eigenvalue weighted by atomic mass is 32.2. The fraction of sp³-hybridized carbons (Fsp3) is 0.917. The first-order valence-electron chi connectivity index (χ1n) is 6.12. The standard InChI is InChI=1S/C12H25NO3S/c1-10(2)13-12(3,11(15)16)6-4-5-8-17-9-7-14/h10,13-14H,4-9H2,1-3H3,(H,15,16). The lowest BCUT2D eigenvalue weighted by molar-refractivity contribution is -0.144. The van der Waals surface area contributed by atoms with Crippen LogP contribution in [0.4, 0.5) is 0 Å². The number of rotatable bonds is 10. The molecule has 0 saturated heterocycles. The molecule has 4 nitrogen and oxygen atoms in total. The van der Waals surface area contributed by atoms with Gasteiger partial charge in [-0.1, -0.05) is 6.42 Å². The van der Waals surface area contributed by atoms with Crippen LogP contribution in [0.2, 0.25) is 0 Å². The maximum atomic E-state index is 11.2. The third-order valence-electron chi connectivity index (χ3n) is 2.53. The van der Waals surface area contributed by atoms with Gasteiger partial charge in [0.2, 0.25) is 0 Å². The SMILES string of the molecule is CC(C)NC(C)(CCCCSCCO)C(=O)O. The fourth-order valence-corrected chi connectivity index (χ4v) is 2.47. The van der Waals surface area contributed by atoms with E-state index < -0.39 is 11.5 Å². The average Bonchev–Trinajstić information content (AvgIpc) is 2.22. The minimum absolute atomic E-state index is 0.167. The lowest BCUT2D eigenvalue weighted by Gasteiger charge is -2.28. The number of unbranched alkanes of at least 4 members (excludes halogenated alkanes) is 1. The van der Waals surface area contributed by atoms with Gasteiger partial charge in [-0.15, -0.1) is 0 Å². The largest absolute Gasteiger partial charge is 0.480 e. The summed E-state index contributed by atoms with van der Waals surface area (Å²) in [5, 5.41) is 20.9. The van der Waals surface area contributed by atoms with E-state index in [0.717, 1.165) is 24.3 Å². The number of carboxylic acids is 1. The quantitative estimate of drug-likeness (QED) is 0.524.